The summed E-state index contributed by atoms with van der Waals surface area (Å²) in [6.45, 7) is 3.80. The first-order valence-corrected chi connectivity index (χ1v) is 5.67. The topological polar surface area (TPSA) is 78.1 Å². The molecule has 15 heavy (non-hydrogen) atoms. The van der Waals surface area contributed by atoms with Crippen molar-refractivity contribution in [3.05, 3.63) is 11.3 Å². The summed E-state index contributed by atoms with van der Waals surface area (Å²) in [4.78, 5) is 19.5. The van der Waals surface area contributed by atoms with Crippen LogP contribution in [0, 0.1) is 6.92 Å². The molecule has 6 heteroatoms. The zero-order chi connectivity index (χ0) is 11.4. The largest absolute Gasteiger partial charge is 0.462 e. The van der Waals surface area contributed by atoms with Gasteiger partial charge in [0, 0.05) is 0 Å². The van der Waals surface area contributed by atoms with Crippen molar-refractivity contribution in [3.8, 4) is 0 Å². The molecular weight excluding hydrogens is 214 g/mol. The Kier molecular flexibility index (Phi) is 3.90. The molecule has 0 aliphatic rings. The van der Waals surface area contributed by atoms with Gasteiger partial charge in [-0.15, -0.1) is 11.8 Å². The number of carbonyl (C=O) groups is 1. The van der Waals surface area contributed by atoms with Crippen LogP contribution < -0.4 is 5.73 Å². The van der Waals surface area contributed by atoms with E-state index in [1.165, 1.54) is 11.8 Å². The summed E-state index contributed by atoms with van der Waals surface area (Å²) in [6.07, 6.45) is 1.82. The van der Waals surface area contributed by atoms with Gasteiger partial charge in [-0.3, -0.25) is 0 Å². The molecule has 0 saturated carbocycles. The maximum Gasteiger partial charge on any atom is 0.342 e. The zero-order valence-corrected chi connectivity index (χ0v) is 9.72. The fraction of sp³-hybridized carbons (Fsp3) is 0.444. The van der Waals surface area contributed by atoms with Crippen molar-refractivity contribution in [2.24, 2.45) is 0 Å². The zero-order valence-electron chi connectivity index (χ0n) is 8.90. The predicted octanol–water partition coefficient (Wildman–Crippen LogP) is 1.27. The fourth-order valence-corrected chi connectivity index (χ4v) is 1.77. The van der Waals surface area contributed by atoms with Crippen molar-refractivity contribution in [1.82, 2.24) is 9.97 Å². The highest BCUT2D eigenvalue weighted by Crippen LogP contribution is 2.21. The van der Waals surface area contributed by atoms with Crippen molar-refractivity contribution >= 4 is 23.7 Å². The number of nitrogens with zero attached hydrogens (tertiary/aromatic N) is 2. The molecule has 1 rings (SSSR count). The Labute approximate surface area is 92.4 Å². The average Bonchev–Trinajstić information content (AvgIpc) is 2.16. The number of nitrogens with two attached hydrogens (primary N) is 1. The number of hydrogen-bond acceptors (Lipinski definition) is 6. The second-order valence-corrected chi connectivity index (χ2v) is 3.57. The SMILES string of the molecule is CCOC(=O)c1c(C)nc(N)nc1SC. The van der Waals surface area contributed by atoms with E-state index in [2.05, 4.69) is 9.97 Å². The second-order valence-electron chi connectivity index (χ2n) is 2.77. The Morgan fingerprint density at radius 3 is 2.73 bits per heavy atom. The molecule has 0 unspecified atom stereocenters. The molecule has 0 spiro atoms. The number of nitrogen functional groups attached to an aromatic ring is 1. The molecule has 0 saturated heterocycles. The van der Waals surface area contributed by atoms with Gasteiger partial charge in [0.25, 0.3) is 0 Å². The van der Waals surface area contributed by atoms with Crippen LogP contribution in [0.4, 0.5) is 5.95 Å². The van der Waals surface area contributed by atoms with Gasteiger partial charge in [0.1, 0.15) is 10.6 Å². The Balaban J connectivity index is 3.20. The summed E-state index contributed by atoms with van der Waals surface area (Å²) in [5.74, 6) is -0.232. The van der Waals surface area contributed by atoms with E-state index in [1.807, 2.05) is 6.26 Å². The lowest BCUT2D eigenvalue weighted by Gasteiger charge is -2.08. The quantitative estimate of drug-likeness (QED) is 0.476. The average molecular weight is 227 g/mol. The summed E-state index contributed by atoms with van der Waals surface area (Å²) in [5, 5.41) is 0.554. The van der Waals surface area contributed by atoms with Crippen LogP contribution in [0.15, 0.2) is 5.03 Å². The molecule has 1 heterocycles. The van der Waals surface area contributed by atoms with Crippen LogP contribution in [0.3, 0.4) is 0 Å². The summed E-state index contributed by atoms with van der Waals surface area (Å²) in [6, 6.07) is 0. The second kappa shape index (κ2) is 4.97. The number of anilines is 1. The molecule has 0 bridgehead atoms. The van der Waals surface area contributed by atoms with E-state index in [1.54, 1.807) is 13.8 Å². The normalized spacial score (nSPS) is 10.1. The minimum absolute atomic E-state index is 0.171. The van der Waals surface area contributed by atoms with Crippen molar-refractivity contribution in [2.75, 3.05) is 18.6 Å². The van der Waals surface area contributed by atoms with E-state index >= 15 is 0 Å². The molecule has 0 fully saturated rings. The van der Waals surface area contributed by atoms with E-state index in [0.717, 1.165) is 0 Å². The number of ether oxygens (including phenoxy) is 1. The molecule has 0 atom stereocenters. The standard InChI is InChI=1S/C9H13N3O2S/c1-4-14-8(13)6-5(2)11-9(10)12-7(6)15-3/h4H2,1-3H3,(H2,10,11,12). The van der Waals surface area contributed by atoms with Crippen LogP contribution in [-0.2, 0) is 4.74 Å². The molecule has 0 radical (unpaired) electrons. The van der Waals surface area contributed by atoms with Crippen LogP contribution >= 0.6 is 11.8 Å². The first-order chi connectivity index (χ1) is 7.10. The molecule has 1 aromatic heterocycles. The molecule has 0 aromatic carbocycles. The van der Waals surface area contributed by atoms with E-state index in [-0.39, 0.29) is 5.95 Å². The molecule has 2 N–H and O–H groups in total. The van der Waals surface area contributed by atoms with Crippen LogP contribution in [0.25, 0.3) is 0 Å². The first-order valence-electron chi connectivity index (χ1n) is 4.45. The number of aryl methyl sites for hydroxylation is 1. The molecule has 1 aromatic rings. The van der Waals surface area contributed by atoms with E-state index in [9.17, 15) is 4.79 Å². The van der Waals surface area contributed by atoms with Crippen LogP contribution in [0.1, 0.15) is 23.0 Å². The Hall–Kier alpha value is -1.30. The molecule has 5 nitrogen and oxygen atoms in total. The highest BCUT2D eigenvalue weighted by atomic mass is 32.2. The van der Waals surface area contributed by atoms with Gasteiger partial charge >= 0.3 is 5.97 Å². The van der Waals surface area contributed by atoms with Crippen LogP contribution in [-0.4, -0.2) is 28.8 Å². The summed E-state index contributed by atoms with van der Waals surface area (Å²) in [7, 11) is 0. The van der Waals surface area contributed by atoms with Crippen molar-refractivity contribution in [3.63, 3.8) is 0 Å². The van der Waals surface area contributed by atoms with Gasteiger partial charge in [0.05, 0.1) is 12.3 Å². The number of carbonyl (C=O) groups excluding carboxylic acids is 1. The third-order valence-corrected chi connectivity index (χ3v) is 2.43. The molecular formula is C9H13N3O2S. The third kappa shape index (κ3) is 2.59. The lowest BCUT2D eigenvalue weighted by atomic mass is 10.2. The predicted molar refractivity (Wildman–Crippen MR) is 58.9 cm³/mol. The van der Waals surface area contributed by atoms with Gasteiger partial charge in [0.15, 0.2) is 0 Å². The van der Waals surface area contributed by atoms with Gasteiger partial charge in [-0.05, 0) is 20.1 Å². The van der Waals surface area contributed by atoms with Crippen molar-refractivity contribution < 1.29 is 9.53 Å². The number of thioether (sulfide) groups is 1. The maximum atomic E-state index is 11.6. The van der Waals surface area contributed by atoms with Crippen LogP contribution in [0.2, 0.25) is 0 Å². The van der Waals surface area contributed by atoms with Gasteiger partial charge < -0.3 is 10.5 Å². The number of hydrogen-bond donors (Lipinski definition) is 1. The Bertz CT molecular complexity index is 382. The van der Waals surface area contributed by atoms with Crippen LogP contribution in [0.5, 0.6) is 0 Å². The van der Waals surface area contributed by atoms with Gasteiger partial charge in [-0.2, -0.15) is 0 Å². The lowest BCUT2D eigenvalue weighted by molar-refractivity contribution is 0.0520. The monoisotopic (exact) mass is 227 g/mol. The Morgan fingerprint density at radius 1 is 1.53 bits per heavy atom. The fourth-order valence-electron chi connectivity index (χ4n) is 1.15. The molecule has 0 aliphatic heterocycles. The molecule has 0 amide bonds. The van der Waals surface area contributed by atoms with Gasteiger partial charge in [-0.1, -0.05) is 0 Å². The summed E-state index contributed by atoms with van der Waals surface area (Å²) in [5.41, 5.74) is 6.44. The summed E-state index contributed by atoms with van der Waals surface area (Å²) >= 11 is 1.35. The minimum Gasteiger partial charge on any atom is -0.462 e. The van der Waals surface area contributed by atoms with Crippen molar-refractivity contribution in [1.29, 1.82) is 0 Å². The third-order valence-electron chi connectivity index (χ3n) is 1.75. The summed E-state index contributed by atoms with van der Waals surface area (Å²) < 4.78 is 4.92. The lowest BCUT2D eigenvalue weighted by Crippen LogP contribution is -2.12. The molecule has 0 aliphatic carbocycles. The number of rotatable bonds is 3. The highest BCUT2D eigenvalue weighted by molar-refractivity contribution is 7.98. The maximum absolute atomic E-state index is 11.6. The smallest absolute Gasteiger partial charge is 0.342 e. The van der Waals surface area contributed by atoms with E-state index in [4.69, 9.17) is 10.5 Å². The first kappa shape index (κ1) is 11.8. The number of esters is 1. The highest BCUT2D eigenvalue weighted by Gasteiger charge is 2.18. The van der Waals surface area contributed by atoms with E-state index < -0.39 is 5.97 Å². The van der Waals surface area contributed by atoms with Crippen molar-refractivity contribution in [2.45, 2.75) is 18.9 Å². The van der Waals surface area contributed by atoms with Gasteiger partial charge in [-0.25, -0.2) is 14.8 Å². The minimum atomic E-state index is -0.403. The molecule has 82 valence electrons. The number of aromatic nitrogens is 2. The van der Waals surface area contributed by atoms with E-state index in [0.29, 0.717) is 22.9 Å². The van der Waals surface area contributed by atoms with Gasteiger partial charge in [0.2, 0.25) is 5.95 Å². The Morgan fingerprint density at radius 2 is 2.20 bits per heavy atom.